The number of carboxylic acid groups (broad SMARTS) is 1. The van der Waals surface area contributed by atoms with E-state index < -0.39 is 62.4 Å². The minimum atomic E-state index is -4.68. The number of carboxylic acids is 1. The molecule has 1 fully saturated rings. The SMILES string of the molecule is CCOC(=O)C(OP(=O)(N[C@@H](C)C(=O)O)OC[C@H]1OC(n2cnc3c(OCC)nc(N)nc32)[C@](C)(N=[N+]=[N-])[C@@H]1O)C1=CCCC=C1. The first-order chi connectivity index (χ1) is 21.9. The van der Waals surface area contributed by atoms with Crippen LogP contribution in [0.4, 0.5) is 5.95 Å². The molecule has 3 heterocycles. The summed E-state index contributed by atoms with van der Waals surface area (Å²) in [6.07, 6.45) is 2.00. The van der Waals surface area contributed by atoms with Crippen molar-refractivity contribution in [1.29, 1.82) is 0 Å². The Labute approximate surface area is 262 Å². The number of carbonyl (C=O) groups excluding carboxylic acids is 1. The molecule has 3 unspecified atom stereocenters. The van der Waals surface area contributed by atoms with E-state index in [0.717, 1.165) is 0 Å². The van der Waals surface area contributed by atoms with Gasteiger partial charge in [-0.3, -0.25) is 18.4 Å². The lowest BCUT2D eigenvalue weighted by molar-refractivity contribution is -0.150. The van der Waals surface area contributed by atoms with E-state index in [1.54, 1.807) is 32.1 Å². The molecule has 7 atom stereocenters. The van der Waals surface area contributed by atoms with Crippen LogP contribution in [0, 0.1) is 0 Å². The van der Waals surface area contributed by atoms with Crippen LogP contribution in [0.15, 0.2) is 35.2 Å². The van der Waals surface area contributed by atoms with Crippen LogP contribution in [0.3, 0.4) is 0 Å². The number of aromatic nitrogens is 4. The fourth-order valence-electron chi connectivity index (χ4n) is 4.89. The van der Waals surface area contributed by atoms with E-state index in [1.165, 1.54) is 24.7 Å². The van der Waals surface area contributed by atoms with Gasteiger partial charge < -0.3 is 30.2 Å². The van der Waals surface area contributed by atoms with Gasteiger partial charge in [-0.1, -0.05) is 23.3 Å². The fraction of sp³-hybridized carbons (Fsp3) is 0.577. The molecule has 0 radical (unpaired) electrons. The lowest BCUT2D eigenvalue weighted by Gasteiger charge is -2.28. The van der Waals surface area contributed by atoms with Crippen molar-refractivity contribution in [1.82, 2.24) is 24.6 Å². The van der Waals surface area contributed by atoms with Crippen molar-refractivity contribution >= 4 is 36.8 Å². The van der Waals surface area contributed by atoms with Crippen molar-refractivity contribution in [2.24, 2.45) is 5.11 Å². The van der Waals surface area contributed by atoms with Gasteiger partial charge in [0.05, 0.1) is 32.3 Å². The maximum Gasteiger partial charge on any atom is 0.407 e. The molecule has 250 valence electrons. The monoisotopic (exact) mass is 665 g/mol. The summed E-state index contributed by atoms with van der Waals surface area (Å²) in [5.74, 6) is -2.30. The summed E-state index contributed by atoms with van der Waals surface area (Å²) >= 11 is 0. The Morgan fingerprint density at radius 2 is 2.11 bits per heavy atom. The molecule has 2 aromatic heterocycles. The first-order valence-corrected chi connectivity index (χ1v) is 15.9. The number of anilines is 1. The standard InChI is InChI=1S/C26H36N9O10P/c1-5-41-21-17-20(30-25(27)31-21)35(13-29-17)24-26(4,33-34-28)19(36)16(44-24)12-43-46(40,32-14(3)22(37)38)45-18(23(39)42-6-2)15-10-8-7-9-11-15/h8,10-11,13-14,16,18-19,24,36H,5-7,9,12H2,1-4H3,(H,32,40)(H,37,38)(H2,27,30,31)/t14-,16+,18?,19+,24?,26+,46?/m0/s1. The number of azide groups is 1. The zero-order valence-electron chi connectivity index (χ0n) is 25.5. The third kappa shape index (κ3) is 7.31. The van der Waals surface area contributed by atoms with Gasteiger partial charge in [-0.15, -0.1) is 0 Å². The lowest BCUT2D eigenvalue weighted by atomic mass is 9.93. The van der Waals surface area contributed by atoms with Gasteiger partial charge in [-0.2, -0.15) is 9.97 Å². The Bertz CT molecular complexity index is 1610. The third-order valence-electron chi connectivity index (χ3n) is 7.16. The molecular formula is C26H36N9O10P. The van der Waals surface area contributed by atoms with E-state index in [9.17, 15) is 29.9 Å². The van der Waals surface area contributed by atoms with Crippen molar-refractivity contribution in [2.45, 2.75) is 76.7 Å². The second-order valence-electron chi connectivity index (χ2n) is 10.4. The zero-order valence-corrected chi connectivity index (χ0v) is 26.4. The molecule has 19 nitrogen and oxygen atoms in total. The number of aliphatic hydroxyl groups is 1. The third-order valence-corrected chi connectivity index (χ3v) is 8.84. The number of nitrogens with one attached hydrogen (secondary N) is 1. The van der Waals surface area contributed by atoms with Crippen LogP contribution in [0.25, 0.3) is 21.6 Å². The summed E-state index contributed by atoms with van der Waals surface area (Å²) in [5.41, 5.74) is 14.3. The van der Waals surface area contributed by atoms with Gasteiger partial charge in [0.15, 0.2) is 23.5 Å². The number of esters is 1. The maximum atomic E-state index is 14.1. The topological polar surface area (TPSA) is 268 Å². The molecule has 0 amide bonds. The Balaban J connectivity index is 1.66. The second-order valence-corrected chi connectivity index (χ2v) is 12.2. The molecule has 1 aliphatic carbocycles. The van der Waals surface area contributed by atoms with Crippen molar-refractivity contribution in [3.05, 3.63) is 40.6 Å². The molecule has 46 heavy (non-hydrogen) atoms. The molecule has 1 saturated heterocycles. The van der Waals surface area contributed by atoms with Gasteiger partial charge in [0.2, 0.25) is 11.8 Å². The number of nitrogens with two attached hydrogens (primary N) is 1. The van der Waals surface area contributed by atoms with Crippen LogP contribution in [0.1, 0.15) is 46.8 Å². The van der Waals surface area contributed by atoms with E-state index in [4.69, 9.17) is 29.0 Å². The summed E-state index contributed by atoms with van der Waals surface area (Å²) < 4.78 is 43.5. The number of aliphatic carboxylic acids is 1. The number of imidazole rings is 1. The molecular weight excluding hydrogens is 629 g/mol. The molecule has 20 heteroatoms. The van der Waals surface area contributed by atoms with Gasteiger partial charge in [-0.05, 0) is 51.6 Å². The Morgan fingerprint density at radius 3 is 2.74 bits per heavy atom. The van der Waals surface area contributed by atoms with Crippen LogP contribution in [0.2, 0.25) is 0 Å². The van der Waals surface area contributed by atoms with Crippen molar-refractivity contribution in [3.63, 3.8) is 0 Å². The summed E-state index contributed by atoms with van der Waals surface area (Å²) in [7, 11) is -4.68. The highest BCUT2D eigenvalue weighted by Crippen LogP contribution is 2.49. The summed E-state index contributed by atoms with van der Waals surface area (Å²) in [5, 5.41) is 27.0. The van der Waals surface area contributed by atoms with Gasteiger partial charge in [-0.25, -0.2) is 19.4 Å². The first kappa shape index (κ1) is 34.8. The number of ether oxygens (including phenoxy) is 3. The molecule has 0 spiro atoms. The summed E-state index contributed by atoms with van der Waals surface area (Å²) in [6.45, 7) is 5.52. The van der Waals surface area contributed by atoms with Crippen LogP contribution in [0.5, 0.6) is 5.88 Å². The van der Waals surface area contributed by atoms with Crippen LogP contribution < -0.4 is 15.6 Å². The number of nitrogens with zero attached hydrogens (tertiary/aromatic N) is 7. The Kier molecular flexibility index (Phi) is 11.0. The zero-order chi connectivity index (χ0) is 33.6. The number of hydrogen-bond acceptors (Lipinski definition) is 14. The smallest absolute Gasteiger partial charge is 0.407 e. The van der Waals surface area contributed by atoms with E-state index in [-0.39, 0.29) is 36.2 Å². The maximum absolute atomic E-state index is 14.1. The molecule has 0 saturated carbocycles. The highest BCUT2D eigenvalue weighted by Gasteiger charge is 2.55. The van der Waals surface area contributed by atoms with E-state index in [1.807, 2.05) is 0 Å². The first-order valence-electron chi connectivity index (χ1n) is 14.4. The number of hydrogen-bond donors (Lipinski definition) is 4. The normalized spacial score (nSPS) is 25.2. The molecule has 4 rings (SSSR count). The molecule has 0 bridgehead atoms. The van der Waals surface area contributed by atoms with Crippen molar-refractivity contribution < 1.29 is 47.6 Å². The average Bonchev–Trinajstić information content (AvgIpc) is 3.53. The molecule has 0 aromatic carbocycles. The number of aliphatic hydroxyl groups excluding tert-OH is 1. The van der Waals surface area contributed by atoms with E-state index in [0.29, 0.717) is 18.4 Å². The number of fused-ring (bicyclic) bond motifs is 1. The van der Waals surface area contributed by atoms with Gasteiger partial charge in [0.25, 0.3) is 0 Å². The van der Waals surface area contributed by atoms with Crippen LogP contribution in [-0.2, 0) is 32.7 Å². The van der Waals surface area contributed by atoms with Crippen molar-refractivity contribution in [2.75, 3.05) is 25.6 Å². The largest absolute Gasteiger partial charge is 0.480 e. The Hall–Kier alpha value is -4.09. The van der Waals surface area contributed by atoms with Crippen LogP contribution >= 0.6 is 7.75 Å². The minimum Gasteiger partial charge on any atom is -0.480 e. The predicted molar refractivity (Wildman–Crippen MR) is 160 cm³/mol. The predicted octanol–water partition coefficient (Wildman–Crippen LogP) is 2.55. The van der Waals surface area contributed by atoms with Crippen molar-refractivity contribution in [3.8, 4) is 5.88 Å². The highest BCUT2D eigenvalue weighted by atomic mass is 31.2. The van der Waals surface area contributed by atoms with Gasteiger partial charge in [0.1, 0.15) is 17.7 Å². The van der Waals surface area contributed by atoms with E-state index in [2.05, 4.69) is 30.1 Å². The summed E-state index contributed by atoms with van der Waals surface area (Å²) in [6, 6.07) is -1.46. The number of rotatable bonds is 15. The molecule has 2 aromatic rings. The number of carbonyl (C=O) groups is 2. The second kappa shape index (κ2) is 14.6. The van der Waals surface area contributed by atoms with Crippen LogP contribution in [-0.4, -0.2) is 91.4 Å². The lowest BCUT2D eigenvalue weighted by Crippen LogP contribution is -2.43. The number of nitrogen functional groups attached to an aromatic ring is 1. The fourth-order valence-corrected chi connectivity index (χ4v) is 6.49. The van der Waals surface area contributed by atoms with Gasteiger partial charge >= 0.3 is 19.7 Å². The molecule has 2 aliphatic rings. The van der Waals surface area contributed by atoms with Gasteiger partial charge in [0, 0.05) is 4.91 Å². The average molecular weight is 666 g/mol. The summed E-state index contributed by atoms with van der Waals surface area (Å²) in [4.78, 5) is 40.0. The number of allylic oxidation sites excluding steroid dienone is 2. The van der Waals surface area contributed by atoms with E-state index >= 15 is 0 Å². The minimum absolute atomic E-state index is 0.00709. The highest BCUT2D eigenvalue weighted by molar-refractivity contribution is 7.51. The molecule has 1 aliphatic heterocycles. The molecule has 5 N–H and O–H groups in total. The quantitative estimate of drug-likeness (QED) is 0.0700. The Morgan fingerprint density at radius 1 is 1.35 bits per heavy atom.